The molecule has 9 heteroatoms. The summed E-state index contributed by atoms with van der Waals surface area (Å²) in [5.74, 6) is 0.764. The highest BCUT2D eigenvalue weighted by molar-refractivity contribution is 7.89. The molecule has 0 radical (unpaired) electrons. The number of hydrogen-bond acceptors (Lipinski definition) is 5. The zero-order chi connectivity index (χ0) is 18.7. The number of fused-ring (bicyclic) bond motifs is 1. The maximum absolute atomic E-state index is 12.5. The second-order valence-electron chi connectivity index (χ2n) is 5.51. The van der Waals surface area contributed by atoms with Gasteiger partial charge in [-0.05, 0) is 24.3 Å². The third kappa shape index (κ3) is 3.44. The first-order valence-electron chi connectivity index (χ1n) is 7.85. The summed E-state index contributed by atoms with van der Waals surface area (Å²) in [6.45, 7) is 0.272. The van der Waals surface area contributed by atoms with Gasteiger partial charge in [-0.3, -0.25) is 4.57 Å². The number of hydrogen-bond donors (Lipinski definition) is 2. The highest BCUT2D eigenvalue weighted by Gasteiger charge is 2.17. The molecule has 0 atom stereocenters. The number of ether oxygens (including phenoxy) is 2. The van der Waals surface area contributed by atoms with Crippen LogP contribution in [-0.4, -0.2) is 38.7 Å². The molecule has 138 valence electrons. The summed E-state index contributed by atoms with van der Waals surface area (Å²) in [5.41, 5.74) is 1.15. The van der Waals surface area contributed by atoms with Gasteiger partial charge in [-0.2, -0.15) is 0 Å². The number of aromatic amines is 1. The molecule has 0 unspecified atom stereocenters. The van der Waals surface area contributed by atoms with Gasteiger partial charge in [0, 0.05) is 19.2 Å². The molecule has 1 heterocycles. The SMILES string of the molecule is COc1ccc(S(=O)(=O)NCCn2c(=O)[nH]c3ccccc32)cc1OC. The van der Waals surface area contributed by atoms with Gasteiger partial charge in [0.2, 0.25) is 10.0 Å². The Morgan fingerprint density at radius 1 is 1.08 bits per heavy atom. The molecule has 3 rings (SSSR count). The highest BCUT2D eigenvalue weighted by atomic mass is 32.2. The molecule has 0 fully saturated rings. The number of imidazole rings is 1. The van der Waals surface area contributed by atoms with Crippen molar-refractivity contribution >= 4 is 21.1 Å². The Morgan fingerprint density at radius 2 is 1.81 bits per heavy atom. The summed E-state index contributed by atoms with van der Waals surface area (Å²) >= 11 is 0. The summed E-state index contributed by atoms with van der Waals surface area (Å²) in [5, 5.41) is 0. The van der Waals surface area contributed by atoms with E-state index >= 15 is 0 Å². The summed E-state index contributed by atoms with van der Waals surface area (Å²) < 4.78 is 39.2. The normalized spacial score (nSPS) is 11.6. The van der Waals surface area contributed by atoms with E-state index in [1.165, 1.54) is 37.0 Å². The lowest BCUT2D eigenvalue weighted by molar-refractivity contribution is 0.354. The second-order valence-corrected chi connectivity index (χ2v) is 7.28. The number of benzene rings is 2. The molecule has 0 aliphatic rings. The van der Waals surface area contributed by atoms with Crippen molar-refractivity contribution in [3.63, 3.8) is 0 Å². The minimum atomic E-state index is -3.75. The predicted molar refractivity (Wildman–Crippen MR) is 97.3 cm³/mol. The number of para-hydroxylation sites is 2. The van der Waals surface area contributed by atoms with Crippen molar-refractivity contribution in [3.05, 3.63) is 52.9 Å². The van der Waals surface area contributed by atoms with Crippen molar-refractivity contribution in [2.75, 3.05) is 20.8 Å². The van der Waals surface area contributed by atoms with Crippen LogP contribution in [0.3, 0.4) is 0 Å². The molecule has 0 aliphatic carbocycles. The molecular formula is C17H19N3O5S. The van der Waals surface area contributed by atoms with Crippen molar-refractivity contribution in [3.8, 4) is 11.5 Å². The number of nitrogens with one attached hydrogen (secondary N) is 2. The monoisotopic (exact) mass is 377 g/mol. The lowest BCUT2D eigenvalue weighted by atomic mass is 10.3. The van der Waals surface area contributed by atoms with Crippen molar-refractivity contribution < 1.29 is 17.9 Å². The molecule has 26 heavy (non-hydrogen) atoms. The summed E-state index contributed by atoms with van der Waals surface area (Å²) in [6.07, 6.45) is 0. The number of nitrogens with zero attached hydrogens (tertiary/aromatic N) is 1. The van der Waals surface area contributed by atoms with Crippen molar-refractivity contribution in [2.45, 2.75) is 11.4 Å². The van der Waals surface area contributed by atoms with Crippen LogP contribution in [0.1, 0.15) is 0 Å². The van der Waals surface area contributed by atoms with Crippen LogP contribution < -0.4 is 19.9 Å². The average Bonchev–Trinajstić information content (AvgIpc) is 2.96. The van der Waals surface area contributed by atoms with Crippen molar-refractivity contribution in [2.24, 2.45) is 0 Å². The molecule has 8 nitrogen and oxygen atoms in total. The second kappa shape index (κ2) is 7.22. The lowest BCUT2D eigenvalue weighted by Gasteiger charge is -2.11. The molecule has 1 aromatic heterocycles. The van der Waals surface area contributed by atoms with E-state index in [1.54, 1.807) is 12.1 Å². The van der Waals surface area contributed by atoms with Gasteiger partial charge >= 0.3 is 5.69 Å². The Kier molecular flexibility index (Phi) is 5.01. The smallest absolute Gasteiger partial charge is 0.326 e. The van der Waals surface area contributed by atoms with Crippen LogP contribution in [0.15, 0.2) is 52.2 Å². The van der Waals surface area contributed by atoms with Crippen LogP contribution in [0.4, 0.5) is 0 Å². The van der Waals surface area contributed by atoms with E-state index in [1.807, 2.05) is 12.1 Å². The van der Waals surface area contributed by atoms with Gasteiger partial charge in [-0.25, -0.2) is 17.9 Å². The third-order valence-electron chi connectivity index (χ3n) is 3.97. The van der Waals surface area contributed by atoms with E-state index in [0.29, 0.717) is 17.0 Å². The lowest BCUT2D eigenvalue weighted by Crippen LogP contribution is -2.30. The maximum Gasteiger partial charge on any atom is 0.326 e. The fraction of sp³-hybridized carbons (Fsp3) is 0.235. The minimum absolute atomic E-state index is 0.0569. The van der Waals surface area contributed by atoms with Crippen LogP contribution in [-0.2, 0) is 16.6 Å². The number of methoxy groups -OCH3 is 2. The molecule has 0 spiro atoms. The van der Waals surface area contributed by atoms with Crippen molar-refractivity contribution in [1.82, 2.24) is 14.3 Å². The van der Waals surface area contributed by atoms with Gasteiger partial charge in [-0.1, -0.05) is 12.1 Å². The fourth-order valence-electron chi connectivity index (χ4n) is 2.69. The Hall–Kier alpha value is -2.78. The first kappa shape index (κ1) is 18.0. The zero-order valence-electron chi connectivity index (χ0n) is 14.4. The minimum Gasteiger partial charge on any atom is -0.493 e. The predicted octanol–water partition coefficient (Wildman–Crippen LogP) is 1.33. The Balaban J connectivity index is 1.76. The summed E-state index contributed by atoms with van der Waals surface area (Å²) in [6, 6.07) is 11.6. The van der Waals surface area contributed by atoms with Gasteiger partial charge in [0.05, 0.1) is 30.1 Å². The Morgan fingerprint density at radius 3 is 2.54 bits per heavy atom. The van der Waals surface area contributed by atoms with Crippen LogP contribution in [0.2, 0.25) is 0 Å². The number of H-pyrrole nitrogens is 1. The van der Waals surface area contributed by atoms with Crippen LogP contribution >= 0.6 is 0 Å². The summed E-state index contributed by atoms with van der Waals surface area (Å²) in [4.78, 5) is 14.8. The number of sulfonamides is 1. The zero-order valence-corrected chi connectivity index (χ0v) is 15.2. The average molecular weight is 377 g/mol. The molecule has 2 N–H and O–H groups in total. The first-order valence-corrected chi connectivity index (χ1v) is 9.34. The van der Waals surface area contributed by atoms with E-state index < -0.39 is 10.0 Å². The van der Waals surface area contributed by atoms with E-state index in [2.05, 4.69) is 9.71 Å². The Bertz CT molecular complexity index is 1090. The van der Waals surface area contributed by atoms with Crippen LogP contribution in [0.25, 0.3) is 11.0 Å². The Labute approximate surface area is 150 Å². The highest BCUT2D eigenvalue weighted by Crippen LogP contribution is 2.29. The number of aromatic nitrogens is 2. The third-order valence-corrected chi connectivity index (χ3v) is 5.43. The molecular weight excluding hydrogens is 358 g/mol. The topological polar surface area (TPSA) is 102 Å². The summed E-state index contributed by atoms with van der Waals surface area (Å²) in [7, 11) is -0.837. The van der Waals surface area contributed by atoms with Gasteiger partial charge < -0.3 is 14.5 Å². The van der Waals surface area contributed by atoms with Crippen LogP contribution in [0, 0.1) is 0 Å². The molecule has 0 saturated heterocycles. The van der Waals surface area contributed by atoms with Gasteiger partial charge in [-0.15, -0.1) is 0 Å². The standard InChI is InChI=1S/C17H19N3O5S/c1-24-15-8-7-12(11-16(15)25-2)26(22,23)18-9-10-20-14-6-4-3-5-13(14)19-17(20)21/h3-8,11,18H,9-10H2,1-2H3,(H,19,21). The molecule has 0 aliphatic heterocycles. The van der Waals surface area contributed by atoms with Crippen molar-refractivity contribution in [1.29, 1.82) is 0 Å². The molecule has 2 aromatic carbocycles. The molecule has 0 bridgehead atoms. The van der Waals surface area contributed by atoms with Gasteiger partial charge in [0.15, 0.2) is 11.5 Å². The molecule has 3 aromatic rings. The first-order chi connectivity index (χ1) is 12.5. The van der Waals surface area contributed by atoms with E-state index in [-0.39, 0.29) is 23.7 Å². The fourth-order valence-corrected chi connectivity index (χ4v) is 3.72. The largest absolute Gasteiger partial charge is 0.493 e. The molecule has 0 amide bonds. The quantitative estimate of drug-likeness (QED) is 0.647. The van der Waals surface area contributed by atoms with Gasteiger partial charge in [0.1, 0.15) is 0 Å². The van der Waals surface area contributed by atoms with E-state index in [4.69, 9.17) is 9.47 Å². The molecule has 0 saturated carbocycles. The number of rotatable bonds is 7. The van der Waals surface area contributed by atoms with E-state index in [0.717, 1.165) is 5.52 Å². The van der Waals surface area contributed by atoms with E-state index in [9.17, 15) is 13.2 Å². The van der Waals surface area contributed by atoms with Gasteiger partial charge in [0.25, 0.3) is 0 Å². The maximum atomic E-state index is 12.5. The van der Waals surface area contributed by atoms with Crippen LogP contribution in [0.5, 0.6) is 11.5 Å².